The standard InChI is InChI=1S/C11H14O2/c1-7-5-6-8-3-2-4-9(12)10(8)11(7)13/h2,4-8,10-11,13H,3H2,1H3/t7-,8-,10+,11+/m0/s1. The summed E-state index contributed by atoms with van der Waals surface area (Å²) in [5, 5.41) is 9.84. The lowest BCUT2D eigenvalue weighted by Gasteiger charge is -2.35. The second-order valence-electron chi connectivity index (χ2n) is 3.96. The average Bonchev–Trinajstić information content (AvgIpc) is 2.12. The Morgan fingerprint density at radius 3 is 3.00 bits per heavy atom. The number of rotatable bonds is 0. The first kappa shape index (κ1) is 8.70. The van der Waals surface area contributed by atoms with E-state index in [-0.39, 0.29) is 23.5 Å². The van der Waals surface area contributed by atoms with Crippen LogP contribution in [0.4, 0.5) is 0 Å². The maximum atomic E-state index is 11.5. The first-order valence-electron chi connectivity index (χ1n) is 4.77. The summed E-state index contributed by atoms with van der Waals surface area (Å²) in [4.78, 5) is 11.5. The Morgan fingerprint density at radius 1 is 1.46 bits per heavy atom. The Kier molecular flexibility index (Phi) is 2.08. The number of hydrogen-bond acceptors (Lipinski definition) is 2. The van der Waals surface area contributed by atoms with Gasteiger partial charge in [-0.05, 0) is 18.4 Å². The molecule has 0 spiro atoms. The molecule has 2 rings (SSSR count). The molecule has 0 aromatic carbocycles. The zero-order valence-corrected chi connectivity index (χ0v) is 7.68. The van der Waals surface area contributed by atoms with Crippen LogP contribution in [-0.4, -0.2) is 17.0 Å². The third-order valence-corrected chi connectivity index (χ3v) is 3.05. The van der Waals surface area contributed by atoms with Crippen molar-refractivity contribution in [1.29, 1.82) is 0 Å². The van der Waals surface area contributed by atoms with Crippen molar-refractivity contribution >= 4 is 5.78 Å². The highest BCUT2D eigenvalue weighted by molar-refractivity contribution is 5.93. The molecule has 0 bridgehead atoms. The lowest BCUT2D eigenvalue weighted by atomic mass is 9.71. The fourth-order valence-corrected chi connectivity index (χ4v) is 2.19. The second-order valence-corrected chi connectivity index (χ2v) is 3.96. The van der Waals surface area contributed by atoms with Gasteiger partial charge in [-0.15, -0.1) is 0 Å². The van der Waals surface area contributed by atoms with Crippen molar-refractivity contribution in [2.45, 2.75) is 19.4 Å². The summed E-state index contributed by atoms with van der Waals surface area (Å²) in [7, 11) is 0. The number of allylic oxidation sites excluding steroid dienone is 3. The van der Waals surface area contributed by atoms with E-state index in [4.69, 9.17) is 0 Å². The molecule has 2 nitrogen and oxygen atoms in total. The minimum atomic E-state index is -0.493. The summed E-state index contributed by atoms with van der Waals surface area (Å²) in [5.74, 6) is 0.227. The molecule has 0 radical (unpaired) electrons. The highest BCUT2D eigenvalue weighted by atomic mass is 16.3. The third kappa shape index (κ3) is 1.35. The van der Waals surface area contributed by atoms with Gasteiger partial charge in [-0.3, -0.25) is 4.79 Å². The van der Waals surface area contributed by atoms with Crippen LogP contribution in [0.5, 0.6) is 0 Å². The first-order chi connectivity index (χ1) is 6.20. The molecule has 70 valence electrons. The molecule has 0 aromatic rings. The van der Waals surface area contributed by atoms with Crippen LogP contribution < -0.4 is 0 Å². The van der Waals surface area contributed by atoms with Crippen LogP contribution in [0.1, 0.15) is 13.3 Å². The van der Waals surface area contributed by atoms with Gasteiger partial charge in [-0.1, -0.05) is 25.2 Å². The summed E-state index contributed by atoms with van der Waals surface area (Å²) in [6.07, 6.45) is 7.98. The van der Waals surface area contributed by atoms with Crippen molar-refractivity contribution in [3.8, 4) is 0 Å². The average molecular weight is 178 g/mol. The van der Waals surface area contributed by atoms with Gasteiger partial charge < -0.3 is 5.11 Å². The van der Waals surface area contributed by atoms with Crippen molar-refractivity contribution in [3.63, 3.8) is 0 Å². The van der Waals surface area contributed by atoms with Gasteiger partial charge in [-0.2, -0.15) is 0 Å². The maximum Gasteiger partial charge on any atom is 0.161 e. The number of carbonyl (C=O) groups is 1. The Morgan fingerprint density at radius 2 is 2.23 bits per heavy atom. The number of aliphatic hydroxyl groups excluding tert-OH is 1. The maximum absolute atomic E-state index is 11.5. The molecular weight excluding hydrogens is 164 g/mol. The largest absolute Gasteiger partial charge is 0.392 e. The van der Waals surface area contributed by atoms with E-state index < -0.39 is 6.10 Å². The molecule has 2 heteroatoms. The van der Waals surface area contributed by atoms with Crippen LogP contribution in [0.3, 0.4) is 0 Å². The lowest BCUT2D eigenvalue weighted by Crippen LogP contribution is -2.40. The van der Waals surface area contributed by atoms with Gasteiger partial charge in [0, 0.05) is 5.92 Å². The number of ketones is 1. The van der Waals surface area contributed by atoms with Crippen molar-refractivity contribution in [1.82, 2.24) is 0 Å². The minimum absolute atomic E-state index is 0.0833. The molecule has 2 aliphatic carbocycles. The minimum Gasteiger partial charge on any atom is -0.392 e. The van der Waals surface area contributed by atoms with Crippen LogP contribution in [0.2, 0.25) is 0 Å². The van der Waals surface area contributed by atoms with Gasteiger partial charge in [0.2, 0.25) is 0 Å². The molecule has 0 heterocycles. The third-order valence-electron chi connectivity index (χ3n) is 3.05. The Bertz CT molecular complexity index is 278. The van der Waals surface area contributed by atoms with Gasteiger partial charge in [-0.25, -0.2) is 0 Å². The molecule has 0 saturated carbocycles. The predicted molar refractivity (Wildman–Crippen MR) is 50.1 cm³/mol. The van der Waals surface area contributed by atoms with E-state index in [1.807, 2.05) is 19.1 Å². The molecule has 0 amide bonds. The second kappa shape index (κ2) is 3.11. The normalized spacial score (nSPS) is 43.4. The molecule has 1 N–H and O–H groups in total. The number of fused-ring (bicyclic) bond motifs is 1. The van der Waals surface area contributed by atoms with Crippen LogP contribution in [0.25, 0.3) is 0 Å². The molecule has 0 saturated heterocycles. The monoisotopic (exact) mass is 178 g/mol. The van der Waals surface area contributed by atoms with Crippen LogP contribution >= 0.6 is 0 Å². The Balaban J connectivity index is 2.31. The number of hydrogen-bond donors (Lipinski definition) is 1. The quantitative estimate of drug-likeness (QED) is 0.568. The SMILES string of the molecule is C[C@H]1C=C[C@@H]2CC=CC(=O)[C@@H]2[C@@H]1O. The van der Waals surface area contributed by atoms with E-state index in [2.05, 4.69) is 6.08 Å². The van der Waals surface area contributed by atoms with Crippen molar-refractivity contribution in [3.05, 3.63) is 24.3 Å². The van der Waals surface area contributed by atoms with E-state index >= 15 is 0 Å². The lowest BCUT2D eigenvalue weighted by molar-refractivity contribution is -0.125. The molecule has 0 unspecified atom stereocenters. The topological polar surface area (TPSA) is 37.3 Å². The summed E-state index contributed by atoms with van der Waals surface area (Å²) < 4.78 is 0. The first-order valence-corrected chi connectivity index (χ1v) is 4.77. The molecule has 0 aliphatic heterocycles. The van der Waals surface area contributed by atoms with Gasteiger partial charge in [0.05, 0.1) is 12.0 Å². The molecule has 4 atom stereocenters. The smallest absolute Gasteiger partial charge is 0.161 e. The zero-order valence-electron chi connectivity index (χ0n) is 7.68. The predicted octanol–water partition coefficient (Wildman–Crippen LogP) is 1.31. The van der Waals surface area contributed by atoms with Gasteiger partial charge in [0.1, 0.15) is 0 Å². The van der Waals surface area contributed by atoms with Crippen molar-refractivity contribution < 1.29 is 9.90 Å². The van der Waals surface area contributed by atoms with Crippen LogP contribution in [0.15, 0.2) is 24.3 Å². The number of carbonyl (C=O) groups excluding carboxylic acids is 1. The highest BCUT2D eigenvalue weighted by Gasteiger charge is 2.37. The zero-order chi connectivity index (χ0) is 9.42. The Hall–Kier alpha value is -0.890. The van der Waals surface area contributed by atoms with Gasteiger partial charge >= 0.3 is 0 Å². The molecular formula is C11H14O2. The highest BCUT2D eigenvalue weighted by Crippen LogP contribution is 2.34. The van der Waals surface area contributed by atoms with E-state index in [0.717, 1.165) is 6.42 Å². The Labute approximate surface area is 78.0 Å². The van der Waals surface area contributed by atoms with E-state index in [0.29, 0.717) is 0 Å². The van der Waals surface area contributed by atoms with E-state index in [9.17, 15) is 9.90 Å². The van der Waals surface area contributed by atoms with E-state index in [1.165, 1.54) is 0 Å². The van der Waals surface area contributed by atoms with Crippen molar-refractivity contribution in [2.24, 2.45) is 17.8 Å². The van der Waals surface area contributed by atoms with Crippen molar-refractivity contribution in [2.75, 3.05) is 0 Å². The van der Waals surface area contributed by atoms with Crippen LogP contribution in [-0.2, 0) is 4.79 Å². The summed E-state index contributed by atoms with van der Waals surface area (Å²) >= 11 is 0. The van der Waals surface area contributed by atoms with Crippen LogP contribution in [0, 0.1) is 17.8 Å². The molecule has 0 fully saturated rings. The summed E-state index contributed by atoms with van der Waals surface area (Å²) in [6, 6.07) is 0. The van der Waals surface area contributed by atoms with Gasteiger partial charge in [0.25, 0.3) is 0 Å². The molecule has 0 aromatic heterocycles. The van der Waals surface area contributed by atoms with E-state index in [1.54, 1.807) is 6.08 Å². The molecule has 2 aliphatic rings. The summed E-state index contributed by atoms with van der Waals surface area (Å²) in [6.45, 7) is 1.95. The molecule has 13 heavy (non-hydrogen) atoms. The van der Waals surface area contributed by atoms with Gasteiger partial charge in [0.15, 0.2) is 5.78 Å². The fraction of sp³-hybridized carbons (Fsp3) is 0.545. The number of aliphatic hydroxyl groups is 1. The fourth-order valence-electron chi connectivity index (χ4n) is 2.19. The summed E-state index contributed by atoms with van der Waals surface area (Å²) in [5.41, 5.74) is 0.